The van der Waals surface area contributed by atoms with Gasteiger partial charge in [-0.15, -0.1) is 0 Å². The van der Waals surface area contributed by atoms with Gasteiger partial charge in [0.2, 0.25) is 0 Å². The zero-order valence-electron chi connectivity index (χ0n) is 47.2. The van der Waals surface area contributed by atoms with Crippen LogP contribution in [0.4, 0.5) is 85.3 Å². The Labute approximate surface area is 512 Å². The molecule has 0 bridgehead atoms. The van der Waals surface area contributed by atoms with Crippen molar-refractivity contribution >= 4 is 165 Å². The van der Waals surface area contributed by atoms with Crippen LogP contribution in [0.3, 0.4) is 0 Å². The van der Waals surface area contributed by atoms with E-state index in [-0.39, 0.29) is 27.9 Å². The molecular formula is C78H51B2N5OSe. The topological polar surface area (TPSA) is 25.4 Å². The first-order chi connectivity index (χ1) is 43.2. The van der Waals surface area contributed by atoms with Crippen LogP contribution in [0.15, 0.2) is 309 Å². The van der Waals surface area contributed by atoms with Crippen molar-refractivity contribution < 1.29 is 4.74 Å². The maximum atomic E-state index is 7.80. The van der Waals surface area contributed by atoms with Crippen LogP contribution in [0.2, 0.25) is 0 Å². The van der Waals surface area contributed by atoms with Crippen LogP contribution < -0.4 is 62.0 Å². The summed E-state index contributed by atoms with van der Waals surface area (Å²) in [5, 5.41) is 2.62. The number of rotatable bonds is 9. The summed E-state index contributed by atoms with van der Waals surface area (Å²) in [6.45, 7) is -0.331. The number of anilines is 15. The zero-order valence-corrected chi connectivity index (χ0v) is 48.9. The van der Waals surface area contributed by atoms with E-state index in [1.165, 1.54) is 46.8 Å². The van der Waals surface area contributed by atoms with Crippen LogP contribution in [0.25, 0.3) is 19.3 Å². The van der Waals surface area contributed by atoms with Crippen molar-refractivity contribution in [2.24, 2.45) is 0 Å². The van der Waals surface area contributed by atoms with Crippen LogP contribution in [0.5, 0.6) is 11.5 Å². The van der Waals surface area contributed by atoms with Gasteiger partial charge in [-0.1, -0.05) is 54.6 Å². The number of nitrogens with zero attached hydrogens (tertiary/aromatic N) is 5. The molecule has 0 saturated carbocycles. The normalized spacial score (nSPS) is 13.0. The molecule has 14 aromatic rings. The van der Waals surface area contributed by atoms with Crippen molar-refractivity contribution in [3.8, 4) is 11.5 Å². The van der Waals surface area contributed by atoms with Crippen molar-refractivity contribution in [2.45, 2.75) is 0 Å². The summed E-state index contributed by atoms with van der Waals surface area (Å²) in [6.07, 6.45) is 0. The molecule has 1 aromatic heterocycles. The molecule has 0 saturated heterocycles. The Morgan fingerprint density at radius 1 is 0.276 bits per heavy atom. The molecule has 0 N–H and O–H groups in total. The number of hydrogen-bond acceptors (Lipinski definition) is 6. The molecule has 9 heteroatoms. The second kappa shape index (κ2) is 20.0. The van der Waals surface area contributed by atoms with Crippen molar-refractivity contribution in [1.82, 2.24) is 0 Å². The molecule has 6 nitrogen and oxygen atoms in total. The Morgan fingerprint density at radius 3 is 1.25 bits per heavy atom. The molecular weight excluding hydrogens is 1120 g/mol. The summed E-state index contributed by atoms with van der Waals surface area (Å²) in [7, 11) is 0. The predicted molar refractivity (Wildman–Crippen MR) is 368 cm³/mol. The molecule has 406 valence electrons. The van der Waals surface area contributed by atoms with Crippen molar-refractivity contribution in [1.29, 1.82) is 0 Å². The maximum Gasteiger partial charge on any atom is -0.0380 e. The molecule has 4 aliphatic heterocycles. The van der Waals surface area contributed by atoms with Gasteiger partial charge in [-0.3, -0.25) is 0 Å². The van der Waals surface area contributed by atoms with E-state index >= 15 is 0 Å². The second-order valence-corrected chi connectivity index (χ2v) is 25.0. The van der Waals surface area contributed by atoms with E-state index in [1.54, 1.807) is 0 Å². The van der Waals surface area contributed by atoms with E-state index < -0.39 is 0 Å². The average Bonchev–Trinajstić information content (AvgIpc) is 0.798. The summed E-state index contributed by atoms with van der Waals surface area (Å²) in [5.74, 6) is 1.68. The van der Waals surface area contributed by atoms with Crippen LogP contribution in [0, 0.1) is 0 Å². The SMILES string of the molecule is c1ccc(N(c2ccccc2)c2cc3c4c(c2)N(c2ccccc2)c2ccccc2B4c2cc4c(cc2O3)N(c2cccc3c2[se]c2ccccc23)c2cc(N(c3ccccc3)c3ccccc3)cc3c2B4c2ccccc2N3c2ccccc2)cc1. The van der Waals surface area contributed by atoms with Gasteiger partial charge in [0.15, 0.2) is 0 Å². The van der Waals surface area contributed by atoms with E-state index in [2.05, 4.69) is 334 Å². The van der Waals surface area contributed by atoms with Crippen molar-refractivity contribution in [3.05, 3.63) is 309 Å². The van der Waals surface area contributed by atoms with Gasteiger partial charge < -0.3 is 0 Å². The largest absolute Gasteiger partial charge is 0.0602 e. The fourth-order valence-corrected chi connectivity index (χ4v) is 17.0. The first kappa shape index (κ1) is 49.7. The van der Waals surface area contributed by atoms with Gasteiger partial charge in [-0.05, 0) is 36.4 Å². The van der Waals surface area contributed by atoms with E-state index in [0.29, 0.717) is 0 Å². The Kier molecular flexibility index (Phi) is 11.4. The molecule has 0 atom stereocenters. The van der Waals surface area contributed by atoms with Gasteiger partial charge in [-0.25, -0.2) is 0 Å². The molecule has 0 unspecified atom stereocenters. The van der Waals surface area contributed by atoms with E-state index in [9.17, 15) is 0 Å². The second-order valence-electron chi connectivity index (χ2n) is 22.8. The van der Waals surface area contributed by atoms with Crippen LogP contribution in [-0.2, 0) is 0 Å². The standard InChI is InChI=1S/C78H51B2N5OSe/c1-7-26-52(27-8-1)81(53-28-9-2-10-29-53)58-46-70-76-71(47-58)85(68-44-25-39-61-60-38-19-24-45-75(60)87-78(61)68)69-51-73-65(50-64(69)79(76)62-40-20-22-42-66(62)83(70)56-34-15-5-16-35-56)80-63-41-21-23-43-67(63)84(57-36-17-6-18-37-57)72-48-59(49-74(86-73)77(72)80)82(54-30-11-3-12-31-54)55-32-13-4-14-33-55/h1-51H. The van der Waals surface area contributed by atoms with Crippen LogP contribution in [0.1, 0.15) is 0 Å². The third-order valence-corrected chi connectivity index (χ3v) is 20.5. The summed E-state index contributed by atoms with van der Waals surface area (Å²) in [5.41, 5.74) is 23.8. The summed E-state index contributed by atoms with van der Waals surface area (Å²) >= 11 is 0.0241. The number of fused-ring (bicyclic) bond motifs is 11. The summed E-state index contributed by atoms with van der Waals surface area (Å²) in [4.78, 5) is 12.4. The fraction of sp³-hybridized carbons (Fsp3) is 0. The molecule has 0 fully saturated rings. The van der Waals surface area contributed by atoms with Gasteiger partial charge in [0.05, 0.1) is 0 Å². The predicted octanol–water partition coefficient (Wildman–Crippen LogP) is 16.5. The van der Waals surface area contributed by atoms with Crippen LogP contribution >= 0.6 is 0 Å². The molecule has 0 amide bonds. The Bertz CT molecular complexity index is 4940. The zero-order chi connectivity index (χ0) is 57.1. The summed E-state index contributed by atoms with van der Waals surface area (Å²) < 4.78 is 10.6. The van der Waals surface area contributed by atoms with E-state index in [4.69, 9.17) is 4.74 Å². The fourth-order valence-electron chi connectivity index (χ4n) is 14.4. The molecule has 0 aliphatic carbocycles. The summed E-state index contributed by atoms with van der Waals surface area (Å²) in [6, 6.07) is 114. The first-order valence-corrected chi connectivity index (χ1v) is 31.5. The third-order valence-electron chi connectivity index (χ3n) is 18.0. The molecule has 0 spiro atoms. The monoisotopic (exact) mass is 1180 g/mol. The van der Waals surface area contributed by atoms with E-state index in [1.807, 2.05) is 0 Å². The van der Waals surface area contributed by atoms with Crippen molar-refractivity contribution in [2.75, 3.05) is 24.5 Å². The maximum absolute atomic E-state index is 7.80. The minimum atomic E-state index is -0.170. The minimum Gasteiger partial charge on any atom is -0.0602 e. The first-order valence-electron chi connectivity index (χ1n) is 29.8. The molecule has 13 aromatic carbocycles. The average molecular weight is 1170 g/mol. The molecule has 18 rings (SSSR count). The Morgan fingerprint density at radius 2 is 0.701 bits per heavy atom. The smallest absolute Gasteiger partial charge is 0.0380 e. The molecule has 4 aliphatic rings. The number of ether oxygens (including phenoxy) is 1. The number of benzene rings is 13. The van der Waals surface area contributed by atoms with Gasteiger partial charge in [0.1, 0.15) is 0 Å². The van der Waals surface area contributed by atoms with Gasteiger partial charge in [0, 0.05) is 0 Å². The quantitative estimate of drug-likeness (QED) is 0.134. The Hall–Kier alpha value is -10.7. The Balaban J connectivity index is 0.949. The van der Waals surface area contributed by atoms with Gasteiger partial charge in [0.25, 0.3) is 0 Å². The van der Waals surface area contributed by atoms with Crippen molar-refractivity contribution in [3.63, 3.8) is 0 Å². The minimum absolute atomic E-state index is 0.0241. The number of hydrogen-bond donors (Lipinski definition) is 0. The van der Waals surface area contributed by atoms with Gasteiger partial charge in [-0.2, -0.15) is 0 Å². The molecule has 5 heterocycles. The molecule has 87 heavy (non-hydrogen) atoms. The molecule has 0 radical (unpaired) electrons. The number of para-hydroxylation sites is 8. The van der Waals surface area contributed by atoms with E-state index in [0.717, 1.165) is 102 Å². The van der Waals surface area contributed by atoms with Gasteiger partial charge >= 0.3 is 424 Å². The van der Waals surface area contributed by atoms with Crippen LogP contribution in [-0.4, -0.2) is 27.9 Å². The third kappa shape index (κ3) is 7.76.